The Morgan fingerprint density at radius 3 is 2.47 bits per heavy atom. The largest absolute Gasteiger partial charge is 0.399 e. The number of carbonyl (C=O) groups is 1. The highest BCUT2D eigenvalue weighted by molar-refractivity contribution is 7.92. The fourth-order valence-electron chi connectivity index (χ4n) is 1.33. The van der Waals surface area contributed by atoms with Gasteiger partial charge in [0.25, 0.3) is 10.0 Å². The van der Waals surface area contributed by atoms with Crippen molar-refractivity contribution in [3.63, 3.8) is 0 Å². The number of sulfonamides is 1. The Kier molecular flexibility index (Phi) is 3.26. The monoisotopic (exact) mass is 281 g/mol. The molecule has 7 nitrogen and oxygen atoms in total. The molecule has 0 fully saturated rings. The molecule has 3 N–H and O–H groups in total. The third kappa shape index (κ3) is 2.91. The summed E-state index contributed by atoms with van der Waals surface area (Å²) in [6, 6.07) is 6.89. The summed E-state index contributed by atoms with van der Waals surface area (Å²) in [7, 11) is -3.78. The Labute approximate surface area is 109 Å². The summed E-state index contributed by atoms with van der Waals surface area (Å²) in [6.45, 7) is 1.29. The van der Waals surface area contributed by atoms with E-state index in [0.717, 1.165) is 0 Å². The van der Waals surface area contributed by atoms with E-state index >= 15 is 0 Å². The predicted molar refractivity (Wildman–Crippen MR) is 68.2 cm³/mol. The van der Waals surface area contributed by atoms with Crippen molar-refractivity contribution in [2.75, 3.05) is 10.5 Å². The van der Waals surface area contributed by atoms with Gasteiger partial charge in [0, 0.05) is 18.7 Å². The van der Waals surface area contributed by atoms with E-state index in [-0.39, 0.29) is 22.3 Å². The van der Waals surface area contributed by atoms with Crippen molar-refractivity contribution in [2.45, 2.75) is 11.8 Å². The number of Topliss-reactive ketones (excluding diaryl/α,β-unsaturated/α-hetero) is 1. The zero-order valence-corrected chi connectivity index (χ0v) is 10.8. The molecule has 0 atom stereocenters. The van der Waals surface area contributed by atoms with Crippen LogP contribution in [0.3, 0.4) is 0 Å². The van der Waals surface area contributed by atoms with Gasteiger partial charge in [-0.15, -0.1) is 0 Å². The van der Waals surface area contributed by atoms with Crippen LogP contribution in [-0.4, -0.2) is 19.4 Å². The molecule has 0 radical (unpaired) electrons. The molecule has 0 aliphatic rings. The maximum Gasteiger partial charge on any atom is 0.263 e. The minimum absolute atomic E-state index is 0.0185. The Bertz CT molecular complexity index is 704. The van der Waals surface area contributed by atoms with Crippen molar-refractivity contribution in [3.8, 4) is 0 Å². The van der Waals surface area contributed by atoms with E-state index in [1.807, 2.05) is 0 Å². The van der Waals surface area contributed by atoms with Gasteiger partial charge in [-0.1, -0.05) is 5.16 Å². The fourth-order valence-corrected chi connectivity index (χ4v) is 2.32. The number of aromatic nitrogens is 1. The van der Waals surface area contributed by atoms with Crippen LogP contribution in [0.1, 0.15) is 17.5 Å². The summed E-state index contributed by atoms with van der Waals surface area (Å²) in [5, 5.41) is 3.45. The first-order valence-corrected chi connectivity index (χ1v) is 6.73. The molecule has 0 aliphatic heterocycles. The lowest BCUT2D eigenvalue weighted by Crippen LogP contribution is -2.13. The van der Waals surface area contributed by atoms with Gasteiger partial charge in [-0.3, -0.25) is 9.52 Å². The molecule has 8 heteroatoms. The smallest absolute Gasteiger partial charge is 0.263 e. The van der Waals surface area contributed by atoms with Crippen molar-refractivity contribution in [1.29, 1.82) is 0 Å². The summed E-state index contributed by atoms with van der Waals surface area (Å²) in [5.74, 6) is -0.414. The van der Waals surface area contributed by atoms with Gasteiger partial charge < -0.3 is 10.3 Å². The molecule has 1 heterocycles. The Morgan fingerprint density at radius 2 is 1.95 bits per heavy atom. The number of ketones is 1. The van der Waals surface area contributed by atoms with Crippen LogP contribution in [0.25, 0.3) is 0 Å². The molecular formula is C11H11N3O4S. The Hall–Kier alpha value is -2.35. The highest BCUT2D eigenvalue weighted by Gasteiger charge is 2.17. The average molecular weight is 281 g/mol. The molecule has 1 aromatic heterocycles. The minimum Gasteiger partial charge on any atom is -0.399 e. The van der Waals surface area contributed by atoms with E-state index in [1.165, 1.54) is 37.3 Å². The summed E-state index contributed by atoms with van der Waals surface area (Å²) >= 11 is 0. The van der Waals surface area contributed by atoms with Crippen LogP contribution in [0.15, 0.2) is 39.8 Å². The zero-order valence-electron chi connectivity index (χ0n) is 9.95. The van der Waals surface area contributed by atoms with Gasteiger partial charge >= 0.3 is 0 Å². The summed E-state index contributed by atoms with van der Waals surface area (Å²) in [4.78, 5) is 11.0. The third-order valence-corrected chi connectivity index (χ3v) is 3.66. The number of hydrogen-bond acceptors (Lipinski definition) is 6. The zero-order chi connectivity index (χ0) is 14.0. The highest BCUT2D eigenvalue weighted by Crippen LogP contribution is 2.17. The molecular weight excluding hydrogens is 270 g/mol. The van der Waals surface area contributed by atoms with Gasteiger partial charge in [-0.2, -0.15) is 0 Å². The van der Waals surface area contributed by atoms with Gasteiger partial charge in [0.1, 0.15) is 0 Å². The van der Waals surface area contributed by atoms with E-state index in [1.54, 1.807) is 0 Å². The van der Waals surface area contributed by atoms with Crippen molar-refractivity contribution < 1.29 is 17.7 Å². The lowest BCUT2D eigenvalue weighted by Gasteiger charge is -2.04. The first kappa shape index (κ1) is 13.1. The van der Waals surface area contributed by atoms with Crippen molar-refractivity contribution in [2.24, 2.45) is 0 Å². The number of hydrogen-bond donors (Lipinski definition) is 2. The van der Waals surface area contributed by atoms with Crippen LogP contribution in [0, 0.1) is 0 Å². The van der Waals surface area contributed by atoms with Crippen LogP contribution < -0.4 is 10.5 Å². The summed E-state index contributed by atoms with van der Waals surface area (Å²) in [5.41, 5.74) is 5.94. The molecule has 1 aromatic carbocycles. The lowest BCUT2D eigenvalue weighted by molar-refractivity contribution is 0.0978. The van der Waals surface area contributed by atoms with Crippen LogP contribution in [0.2, 0.25) is 0 Å². The SMILES string of the molecule is CC(=O)c1cc(NS(=O)(=O)c2ccc(N)cc2)no1. The van der Waals surface area contributed by atoms with Crippen molar-refractivity contribution in [3.05, 3.63) is 36.1 Å². The van der Waals surface area contributed by atoms with Gasteiger partial charge in [0.2, 0.25) is 5.76 Å². The third-order valence-electron chi connectivity index (χ3n) is 2.29. The molecule has 2 rings (SSSR count). The molecule has 0 amide bonds. The summed E-state index contributed by atoms with van der Waals surface area (Å²) < 4.78 is 30.8. The molecule has 0 bridgehead atoms. The molecule has 19 heavy (non-hydrogen) atoms. The maximum atomic E-state index is 12.0. The van der Waals surface area contributed by atoms with Crippen LogP contribution in [0.4, 0.5) is 11.5 Å². The van der Waals surface area contributed by atoms with E-state index < -0.39 is 10.0 Å². The minimum atomic E-state index is -3.78. The first-order valence-electron chi connectivity index (χ1n) is 5.24. The molecule has 0 spiro atoms. The molecule has 0 aliphatic carbocycles. The quantitative estimate of drug-likeness (QED) is 0.644. The number of nitrogens with two attached hydrogens (primary N) is 1. The molecule has 100 valence electrons. The van der Waals surface area contributed by atoms with Gasteiger partial charge in [0.05, 0.1) is 4.90 Å². The first-order chi connectivity index (χ1) is 8.88. The van der Waals surface area contributed by atoms with Gasteiger partial charge in [0.15, 0.2) is 11.6 Å². The second-order valence-electron chi connectivity index (χ2n) is 3.81. The number of anilines is 2. The molecule has 0 saturated heterocycles. The molecule has 0 saturated carbocycles. The predicted octanol–water partition coefficient (Wildman–Crippen LogP) is 1.26. The maximum absolute atomic E-state index is 12.0. The highest BCUT2D eigenvalue weighted by atomic mass is 32.2. The molecule has 2 aromatic rings. The van der Waals surface area contributed by atoms with Crippen LogP contribution in [-0.2, 0) is 10.0 Å². The molecule has 0 unspecified atom stereocenters. The van der Waals surface area contributed by atoms with E-state index in [4.69, 9.17) is 5.73 Å². The average Bonchev–Trinajstić information content (AvgIpc) is 2.77. The number of nitrogen functional groups attached to an aromatic ring is 1. The second-order valence-corrected chi connectivity index (χ2v) is 5.49. The summed E-state index contributed by atoms with van der Waals surface area (Å²) in [6.07, 6.45) is 0. The second kappa shape index (κ2) is 4.73. The number of nitrogens with one attached hydrogen (secondary N) is 1. The van der Waals surface area contributed by atoms with Gasteiger partial charge in [-0.05, 0) is 24.3 Å². The van der Waals surface area contributed by atoms with Crippen LogP contribution in [0.5, 0.6) is 0 Å². The number of benzene rings is 1. The van der Waals surface area contributed by atoms with Gasteiger partial charge in [-0.25, -0.2) is 8.42 Å². The van der Waals surface area contributed by atoms with E-state index in [0.29, 0.717) is 5.69 Å². The number of rotatable bonds is 4. The number of carbonyl (C=O) groups excluding carboxylic acids is 1. The topological polar surface area (TPSA) is 115 Å². The van der Waals surface area contributed by atoms with E-state index in [2.05, 4.69) is 14.4 Å². The number of nitrogens with zero attached hydrogens (tertiary/aromatic N) is 1. The standard InChI is InChI=1S/C11H11N3O4S/c1-7(15)10-6-11(13-18-10)14-19(16,17)9-4-2-8(12)3-5-9/h2-6H,12H2,1H3,(H,13,14). The van der Waals surface area contributed by atoms with E-state index in [9.17, 15) is 13.2 Å². The Morgan fingerprint density at radius 1 is 1.32 bits per heavy atom. The van der Waals surface area contributed by atoms with Crippen LogP contribution >= 0.6 is 0 Å². The fraction of sp³-hybridized carbons (Fsp3) is 0.0909. The normalized spacial score (nSPS) is 11.2. The lowest BCUT2D eigenvalue weighted by atomic mass is 10.3. The Balaban J connectivity index is 2.25. The van der Waals surface area contributed by atoms with Crippen molar-refractivity contribution >= 4 is 27.3 Å². The van der Waals surface area contributed by atoms with Crippen molar-refractivity contribution in [1.82, 2.24) is 5.16 Å².